The van der Waals surface area contributed by atoms with E-state index in [1.807, 2.05) is 26.8 Å². The maximum atomic E-state index is 14.5. The number of rotatable bonds is 4. The van der Waals surface area contributed by atoms with E-state index in [9.17, 15) is 9.18 Å². The molecule has 1 aromatic heterocycles. The van der Waals surface area contributed by atoms with Crippen molar-refractivity contribution in [1.29, 1.82) is 0 Å². The summed E-state index contributed by atoms with van der Waals surface area (Å²) in [7, 11) is 0. The highest BCUT2D eigenvalue weighted by atomic mass is 79.9. The van der Waals surface area contributed by atoms with Crippen LogP contribution >= 0.6 is 27.5 Å². The second kappa shape index (κ2) is 9.00. The molecule has 0 aliphatic carbocycles. The highest BCUT2D eigenvalue weighted by molar-refractivity contribution is 9.10. The van der Waals surface area contributed by atoms with Crippen molar-refractivity contribution in [2.75, 3.05) is 24.5 Å². The minimum absolute atomic E-state index is 0.0261. The summed E-state index contributed by atoms with van der Waals surface area (Å²) in [6.45, 7) is 7.63. The maximum Gasteiger partial charge on any atom is 0.407 e. The molecule has 1 aliphatic heterocycles. The molecule has 3 rings (SSSR count). The molecular formula is C20H25BrClFN4O2. The molecular weight excluding hydrogens is 463 g/mol. The van der Waals surface area contributed by atoms with Crippen LogP contribution in [0.3, 0.4) is 0 Å². The van der Waals surface area contributed by atoms with E-state index < -0.39 is 17.5 Å². The lowest BCUT2D eigenvalue weighted by Crippen LogP contribution is -2.38. The Morgan fingerprint density at radius 3 is 2.90 bits per heavy atom. The van der Waals surface area contributed by atoms with Gasteiger partial charge in [0.05, 0.1) is 4.47 Å². The van der Waals surface area contributed by atoms with E-state index >= 15 is 0 Å². The summed E-state index contributed by atoms with van der Waals surface area (Å²) in [6.07, 6.45) is 2.47. The van der Waals surface area contributed by atoms with Gasteiger partial charge in [-0.05, 0) is 85.6 Å². The summed E-state index contributed by atoms with van der Waals surface area (Å²) in [5, 5.41) is 3.48. The van der Waals surface area contributed by atoms with Gasteiger partial charge in [0.1, 0.15) is 16.9 Å². The number of carbonyl (C=O) groups is 1. The first kappa shape index (κ1) is 22.0. The Morgan fingerprint density at radius 2 is 2.17 bits per heavy atom. The predicted octanol–water partition coefficient (Wildman–Crippen LogP) is 5.32. The van der Waals surface area contributed by atoms with E-state index in [1.54, 1.807) is 6.07 Å². The third-order valence-corrected chi connectivity index (χ3v) is 5.53. The van der Waals surface area contributed by atoms with Gasteiger partial charge < -0.3 is 15.0 Å². The Kier molecular flexibility index (Phi) is 6.83. The van der Waals surface area contributed by atoms with Crippen LogP contribution in [0.15, 0.2) is 16.6 Å². The Labute approximate surface area is 183 Å². The molecule has 158 valence electrons. The third-order valence-electron chi connectivity index (χ3n) is 4.75. The van der Waals surface area contributed by atoms with Gasteiger partial charge in [0.25, 0.3) is 0 Å². The number of hydrogen-bond acceptors (Lipinski definition) is 5. The number of carbonyl (C=O) groups excluding carboxylic acids is 1. The first-order valence-electron chi connectivity index (χ1n) is 9.67. The molecule has 29 heavy (non-hydrogen) atoms. The largest absolute Gasteiger partial charge is 0.444 e. The molecule has 0 bridgehead atoms. The fourth-order valence-electron chi connectivity index (χ4n) is 3.52. The van der Waals surface area contributed by atoms with Gasteiger partial charge in [-0.25, -0.2) is 14.2 Å². The highest BCUT2D eigenvalue weighted by Crippen LogP contribution is 2.33. The van der Waals surface area contributed by atoms with Crippen molar-refractivity contribution in [3.8, 4) is 0 Å². The van der Waals surface area contributed by atoms with Crippen LogP contribution in [-0.2, 0) is 4.74 Å². The van der Waals surface area contributed by atoms with E-state index in [2.05, 4.69) is 36.1 Å². The third kappa shape index (κ3) is 5.69. The molecule has 0 spiro atoms. The van der Waals surface area contributed by atoms with Crippen molar-refractivity contribution in [1.82, 2.24) is 15.3 Å². The highest BCUT2D eigenvalue weighted by Gasteiger charge is 2.24. The fourth-order valence-corrected chi connectivity index (χ4v) is 4.01. The van der Waals surface area contributed by atoms with Gasteiger partial charge in [-0.15, -0.1) is 0 Å². The first-order chi connectivity index (χ1) is 13.6. The number of amides is 1. The lowest BCUT2D eigenvalue weighted by Gasteiger charge is -2.34. The van der Waals surface area contributed by atoms with E-state index in [0.29, 0.717) is 28.1 Å². The molecule has 1 amide bonds. The van der Waals surface area contributed by atoms with E-state index in [-0.39, 0.29) is 10.8 Å². The normalized spacial score (nSPS) is 17.4. The number of alkyl carbamates (subject to hydrolysis) is 1. The van der Waals surface area contributed by atoms with Crippen molar-refractivity contribution >= 4 is 50.3 Å². The number of ether oxygens (including phenoxy) is 1. The number of nitrogens with one attached hydrogen (secondary N) is 1. The van der Waals surface area contributed by atoms with Crippen molar-refractivity contribution in [2.24, 2.45) is 5.92 Å². The van der Waals surface area contributed by atoms with Crippen LogP contribution in [-0.4, -0.2) is 41.3 Å². The molecule has 1 aromatic carbocycles. The Balaban J connectivity index is 1.68. The molecule has 1 aliphatic rings. The summed E-state index contributed by atoms with van der Waals surface area (Å²) in [5.74, 6) is 0.585. The van der Waals surface area contributed by atoms with Gasteiger partial charge in [-0.3, -0.25) is 0 Å². The van der Waals surface area contributed by atoms with Crippen LogP contribution < -0.4 is 10.2 Å². The summed E-state index contributed by atoms with van der Waals surface area (Å²) < 4.78 is 20.1. The fraction of sp³-hybridized carbons (Fsp3) is 0.550. The Bertz CT molecular complexity index is 906. The second-order valence-electron chi connectivity index (χ2n) is 8.25. The Morgan fingerprint density at radius 1 is 1.41 bits per heavy atom. The predicted molar refractivity (Wildman–Crippen MR) is 116 cm³/mol. The van der Waals surface area contributed by atoms with Crippen LogP contribution in [0, 0.1) is 11.7 Å². The number of anilines is 1. The maximum absolute atomic E-state index is 14.5. The molecule has 1 fully saturated rings. The SMILES string of the molecule is CC(C)(C)OC(=O)NCCC1CCCN(c2nc(Cl)nc3c(F)c(Br)ccc23)C1. The van der Waals surface area contributed by atoms with Crippen molar-refractivity contribution in [2.45, 2.75) is 45.6 Å². The smallest absolute Gasteiger partial charge is 0.407 e. The van der Waals surface area contributed by atoms with Gasteiger partial charge in [-0.1, -0.05) is 0 Å². The molecule has 1 saturated heterocycles. The zero-order valence-corrected chi connectivity index (χ0v) is 19.1. The van der Waals surface area contributed by atoms with Gasteiger partial charge in [0, 0.05) is 25.0 Å². The van der Waals surface area contributed by atoms with Crippen LogP contribution in [0.4, 0.5) is 15.0 Å². The molecule has 1 atom stereocenters. The molecule has 0 saturated carbocycles. The molecule has 2 heterocycles. The number of fused-ring (bicyclic) bond motifs is 1. The minimum Gasteiger partial charge on any atom is -0.444 e. The number of aromatic nitrogens is 2. The lowest BCUT2D eigenvalue weighted by molar-refractivity contribution is 0.0524. The quantitative estimate of drug-likeness (QED) is 0.592. The van der Waals surface area contributed by atoms with E-state index in [4.69, 9.17) is 16.3 Å². The molecule has 1 unspecified atom stereocenters. The molecule has 6 nitrogen and oxygen atoms in total. The molecule has 9 heteroatoms. The van der Waals surface area contributed by atoms with Crippen LogP contribution in [0.1, 0.15) is 40.0 Å². The van der Waals surface area contributed by atoms with Crippen molar-refractivity contribution < 1.29 is 13.9 Å². The number of nitrogens with zero attached hydrogens (tertiary/aromatic N) is 3. The molecule has 0 radical (unpaired) electrons. The van der Waals surface area contributed by atoms with Gasteiger partial charge >= 0.3 is 6.09 Å². The zero-order valence-electron chi connectivity index (χ0n) is 16.8. The monoisotopic (exact) mass is 486 g/mol. The lowest BCUT2D eigenvalue weighted by atomic mass is 9.94. The topological polar surface area (TPSA) is 67.3 Å². The average Bonchev–Trinajstić information content (AvgIpc) is 2.63. The van der Waals surface area contributed by atoms with Crippen molar-refractivity contribution in [3.05, 3.63) is 27.7 Å². The van der Waals surface area contributed by atoms with Gasteiger partial charge in [0.2, 0.25) is 5.28 Å². The number of piperidine rings is 1. The van der Waals surface area contributed by atoms with Crippen molar-refractivity contribution in [3.63, 3.8) is 0 Å². The second-order valence-corrected chi connectivity index (χ2v) is 9.44. The first-order valence-corrected chi connectivity index (χ1v) is 10.8. The standard InChI is InChI=1S/C20H25BrClFN4O2/c1-20(2,3)29-19(28)24-9-8-12-5-4-10-27(11-12)17-13-6-7-14(21)15(23)16(13)25-18(22)26-17/h6-7,12H,4-5,8-11H2,1-3H3,(H,24,28). The zero-order chi connectivity index (χ0) is 21.2. The average molecular weight is 488 g/mol. The van der Waals surface area contributed by atoms with Crippen LogP contribution in [0.5, 0.6) is 0 Å². The summed E-state index contributed by atoms with van der Waals surface area (Å²) >= 11 is 9.28. The minimum atomic E-state index is -0.511. The Hall–Kier alpha value is -1.67. The van der Waals surface area contributed by atoms with Gasteiger partial charge in [0.15, 0.2) is 5.82 Å². The molecule has 1 N–H and O–H groups in total. The summed E-state index contributed by atoms with van der Waals surface area (Å²) in [6, 6.07) is 3.46. The summed E-state index contributed by atoms with van der Waals surface area (Å²) in [4.78, 5) is 22.4. The van der Waals surface area contributed by atoms with E-state index in [0.717, 1.165) is 32.4 Å². The number of hydrogen-bond donors (Lipinski definition) is 1. The van der Waals surface area contributed by atoms with Crippen LogP contribution in [0.2, 0.25) is 5.28 Å². The van der Waals surface area contributed by atoms with Gasteiger partial charge in [-0.2, -0.15) is 4.98 Å². The summed E-state index contributed by atoms with van der Waals surface area (Å²) in [5.41, 5.74) is -0.299. The number of benzene rings is 1. The molecule has 2 aromatic rings. The van der Waals surface area contributed by atoms with Crippen LogP contribution in [0.25, 0.3) is 10.9 Å². The number of halogens is 3. The van der Waals surface area contributed by atoms with E-state index in [1.165, 1.54) is 0 Å².